The highest BCUT2D eigenvalue weighted by atomic mass is 32.1. The van der Waals surface area contributed by atoms with Crippen LogP contribution in [0.4, 0.5) is 0 Å². The van der Waals surface area contributed by atoms with Crippen molar-refractivity contribution in [2.45, 2.75) is 44.9 Å². The number of rotatable bonds is 5. The Hall–Kier alpha value is -1.46. The topological polar surface area (TPSA) is 51.5 Å². The third-order valence-electron chi connectivity index (χ3n) is 3.67. The summed E-state index contributed by atoms with van der Waals surface area (Å²) in [6, 6.07) is 8.40. The summed E-state index contributed by atoms with van der Waals surface area (Å²) in [6.45, 7) is 4.30. The molecule has 1 aromatic carbocycles. The molecule has 1 aromatic heterocycles. The molecule has 5 heteroatoms. The van der Waals surface area contributed by atoms with Crippen LogP contribution in [-0.4, -0.2) is 23.3 Å². The van der Waals surface area contributed by atoms with Gasteiger partial charge < -0.3 is 14.5 Å². The van der Waals surface area contributed by atoms with Crippen LogP contribution in [0.2, 0.25) is 0 Å². The summed E-state index contributed by atoms with van der Waals surface area (Å²) in [4.78, 5) is 11.2. The Balaban J connectivity index is 1.64. The maximum Gasteiger partial charge on any atom is 0.251 e. The summed E-state index contributed by atoms with van der Waals surface area (Å²) in [5, 5.41) is 4.01. The molecule has 0 spiro atoms. The second-order valence-electron chi connectivity index (χ2n) is 5.84. The number of carbonyl (C=O) groups is 1. The maximum atomic E-state index is 11.2. The number of fused-ring (bicyclic) bond motifs is 1. The molecule has 0 aliphatic heterocycles. The molecule has 1 saturated carbocycles. The Morgan fingerprint density at radius 1 is 1.38 bits per heavy atom. The fraction of sp³-hybridized carbons (Fsp3) is 0.438. The molecule has 1 heterocycles. The number of thiol groups is 1. The molecule has 4 nitrogen and oxygen atoms in total. The quantitative estimate of drug-likeness (QED) is 0.831. The molecule has 21 heavy (non-hydrogen) atoms. The molecule has 0 saturated heterocycles. The molecular formula is C16H19NO3S. The van der Waals surface area contributed by atoms with E-state index >= 15 is 0 Å². The largest absolute Gasteiger partial charge is 0.490 e. The Morgan fingerprint density at radius 2 is 2.14 bits per heavy atom. The van der Waals surface area contributed by atoms with Crippen LogP contribution >= 0.6 is 12.6 Å². The minimum Gasteiger partial charge on any atom is -0.490 e. The highest BCUT2D eigenvalue weighted by Crippen LogP contribution is 2.29. The van der Waals surface area contributed by atoms with Gasteiger partial charge in [-0.25, -0.2) is 0 Å². The summed E-state index contributed by atoms with van der Waals surface area (Å²) >= 11 is 3.77. The predicted molar refractivity (Wildman–Crippen MR) is 85.2 cm³/mol. The number of hydrogen-bond donors (Lipinski definition) is 2. The molecule has 0 bridgehead atoms. The molecule has 1 fully saturated rings. The van der Waals surface area contributed by atoms with Gasteiger partial charge in [-0.1, -0.05) is 26.5 Å². The molecule has 0 amide bonds. The van der Waals surface area contributed by atoms with Crippen LogP contribution in [0, 0.1) is 0 Å². The molecule has 0 unspecified atom stereocenters. The molecule has 112 valence electrons. The van der Waals surface area contributed by atoms with Crippen LogP contribution in [0.3, 0.4) is 0 Å². The zero-order valence-electron chi connectivity index (χ0n) is 12.1. The Morgan fingerprint density at radius 3 is 2.81 bits per heavy atom. The first-order valence-electron chi connectivity index (χ1n) is 7.21. The molecule has 3 rings (SSSR count). The lowest BCUT2D eigenvalue weighted by molar-refractivity contribution is 0.0815. The van der Waals surface area contributed by atoms with Crippen molar-refractivity contribution in [3.63, 3.8) is 0 Å². The molecule has 2 aromatic rings. The van der Waals surface area contributed by atoms with E-state index in [9.17, 15) is 4.79 Å². The SMILES string of the molecule is CC(C)N[C@H]1C[C@@H](Oc2ccc3cc(C(=O)S)oc3c2)C1. The van der Waals surface area contributed by atoms with Gasteiger partial charge in [-0.2, -0.15) is 0 Å². The van der Waals surface area contributed by atoms with E-state index in [4.69, 9.17) is 9.15 Å². The van der Waals surface area contributed by atoms with E-state index in [1.165, 1.54) is 0 Å². The average Bonchev–Trinajstić information content (AvgIpc) is 2.79. The first kappa shape index (κ1) is 14.5. The zero-order valence-corrected chi connectivity index (χ0v) is 13.0. The first-order valence-corrected chi connectivity index (χ1v) is 7.65. The van der Waals surface area contributed by atoms with Crippen molar-refractivity contribution in [3.05, 3.63) is 30.0 Å². The standard InChI is InChI=1S/C16H19NO3S/c1-9(2)17-11-6-13(7-11)19-12-4-3-10-5-15(16(18)21)20-14(10)8-12/h3-5,8-9,11,13,17H,6-7H2,1-2H3,(H,18,21)/t11-,13+. The second-order valence-corrected chi connectivity index (χ2v) is 6.25. The lowest BCUT2D eigenvalue weighted by Gasteiger charge is -2.37. The fourth-order valence-electron chi connectivity index (χ4n) is 2.65. The van der Waals surface area contributed by atoms with E-state index in [1.807, 2.05) is 18.2 Å². The highest BCUT2D eigenvalue weighted by molar-refractivity contribution is 7.97. The molecule has 1 N–H and O–H groups in total. The van der Waals surface area contributed by atoms with Gasteiger partial charge in [-0.05, 0) is 31.0 Å². The van der Waals surface area contributed by atoms with Gasteiger partial charge in [0.05, 0.1) is 0 Å². The molecule has 1 aliphatic carbocycles. The van der Waals surface area contributed by atoms with Crippen LogP contribution in [0.1, 0.15) is 37.2 Å². The van der Waals surface area contributed by atoms with E-state index in [0.29, 0.717) is 17.7 Å². The van der Waals surface area contributed by atoms with Gasteiger partial charge in [0.1, 0.15) is 17.4 Å². The number of nitrogens with one attached hydrogen (secondary N) is 1. The van der Waals surface area contributed by atoms with Gasteiger partial charge in [-0.3, -0.25) is 4.79 Å². The smallest absolute Gasteiger partial charge is 0.251 e. The van der Waals surface area contributed by atoms with Crippen LogP contribution in [0.25, 0.3) is 11.0 Å². The van der Waals surface area contributed by atoms with E-state index in [0.717, 1.165) is 24.0 Å². The Kier molecular flexibility index (Phi) is 3.95. The van der Waals surface area contributed by atoms with Gasteiger partial charge in [-0.15, -0.1) is 0 Å². The molecular weight excluding hydrogens is 286 g/mol. The van der Waals surface area contributed by atoms with Gasteiger partial charge in [0.15, 0.2) is 5.76 Å². The Labute approximate surface area is 129 Å². The second kappa shape index (κ2) is 5.73. The van der Waals surface area contributed by atoms with Crippen molar-refractivity contribution in [1.82, 2.24) is 5.32 Å². The summed E-state index contributed by atoms with van der Waals surface area (Å²) in [7, 11) is 0. The lowest BCUT2D eigenvalue weighted by atomic mass is 9.88. The average molecular weight is 305 g/mol. The summed E-state index contributed by atoms with van der Waals surface area (Å²) in [5.74, 6) is 1.04. The van der Waals surface area contributed by atoms with Crippen LogP contribution in [0.15, 0.2) is 28.7 Å². The Bertz CT molecular complexity index is 659. The third-order valence-corrected chi connectivity index (χ3v) is 3.89. The van der Waals surface area contributed by atoms with Crippen molar-refractivity contribution >= 4 is 28.7 Å². The fourth-order valence-corrected chi connectivity index (χ4v) is 2.76. The third kappa shape index (κ3) is 3.24. The van der Waals surface area contributed by atoms with Crippen molar-refractivity contribution in [2.24, 2.45) is 0 Å². The van der Waals surface area contributed by atoms with Crippen molar-refractivity contribution < 1.29 is 13.9 Å². The number of furan rings is 1. The normalized spacial score (nSPS) is 21.5. The van der Waals surface area contributed by atoms with Crippen molar-refractivity contribution in [1.29, 1.82) is 0 Å². The van der Waals surface area contributed by atoms with Gasteiger partial charge >= 0.3 is 0 Å². The first-order chi connectivity index (χ1) is 10.0. The van der Waals surface area contributed by atoms with E-state index in [2.05, 4.69) is 31.8 Å². The van der Waals surface area contributed by atoms with Crippen molar-refractivity contribution in [3.8, 4) is 5.75 Å². The van der Waals surface area contributed by atoms with Gasteiger partial charge in [0.25, 0.3) is 5.12 Å². The summed E-state index contributed by atoms with van der Waals surface area (Å²) < 4.78 is 11.4. The minimum absolute atomic E-state index is 0.250. The lowest BCUT2D eigenvalue weighted by Crippen LogP contribution is -2.49. The number of carbonyl (C=O) groups excluding carboxylic acids is 1. The number of benzene rings is 1. The predicted octanol–water partition coefficient (Wildman–Crippen LogP) is 3.41. The molecule has 0 atom stereocenters. The minimum atomic E-state index is -0.365. The highest BCUT2D eigenvalue weighted by Gasteiger charge is 2.31. The van der Waals surface area contributed by atoms with Crippen LogP contribution < -0.4 is 10.1 Å². The summed E-state index contributed by atoms with van der Waals surface area (Å²) in [5.41, 5.74) is 0.654. The van der Waals surface area contributed by atoms with E-state index in [-0.39, 0.29) is 17.0 Å². The monoisotopic (exact) mass is 305 g/mol. The molecule has 1 aliphatic rings. The van der Waals surface area contributed by atoms with E-state index in [1.54, 1.807) is 6.07 Å². The number of hydrogen-bond acceptors (Lipinski definition) is 4. The van der Waals surface area contributed by atoms with Gasteiger partial charge in [0.2, 0.25) is 0 Å². The number of ether oxygens (including phenoxy) is 1. The molecule has 0 radical (unpaired) electrons. The van der Waals surface area contributed by atoms with Crippen molar-refractivity contribution in [2.75, 3.05) is 0 Å². The zero-order chi connectivity index (χ0) is 15.0. The summed E-state index contributed by atoms with van der Waals surface area (Å²) in [6.07, 6.45) is 2.29. The van der Waals surface area contributed by atoms with Crippen LogP contribution in [0.5, 0.6) is 5.75 Å². The van der Waals surface area contributed by atoms with E-state index < -0.39 is 0 Å². The van der Waals surface area contributed by atoms with Crippen LogP contribution in [-0.2, 0) is 0 Å². The maximum absolute atomic E-state index is 11.2. The van der Waals surface area contributed by atoms with Gasteiger partial charge in [0, 0.05) is 23.5 Å².